The maximum atomic E-state index is 5.58. The number of hydrogen-bond donors (Lipinski definition) is 2. The fourth-order valence-corrected chi connectivity index (χ4v) is 2.04. The number of nitrogens with two attached hydrogens (primary N) is 1. The summed E-state index contributed by atoms with van der Waals surface area (Å²) in [4.78, 5) is 8.54. The topological polar surface area (TPSA) is 80.5 Å². The van der Waals surface area contributed by atoms with E-state index in [1.807, 2.05) is 35.7 Å². The quantitative estimate of drug-likeness (QED) is 0.722. The molecule has 1 aromatic carbocycles. The summed E-state index contributed by atoms with van der Waals surface area (Å²) in [5, 5.41) is 9.40. The molecule has 0 saturated carbocycles. The van der Waals surface area contributed by atoms with Crippen LogP contribution in [0.5, 0.6) is 0 Å². The van der Waals surface area contributed by atoms with Crippen molar-refractivity contribution in [1.82, 2.24) is 20.2 Å². The smallest absolute Gasteiger partial charge is 0.181 e. The number of nitrogens with one attached hydrogen (secondary N) is 1. The van der Waals surface area contributed by atoms with Crippen LogP contribution in [0.1, 0.15) is 0 Å². The summed E-state index contributed by atoms with van der Waals surface area (Å²) in [6.45, 7) is 0. The molecule has 2 heterocycles. The molecule has 0 unspecified atom stereocenters. The summed E-state index contributed by atoms with van der Waals surface area (Å²) in [5.74, 6) is 1.30. The Balaban J connectivity index is 1.99. The van der Waals surface area contributed by atoms with E-state index in [2.05, 4.69) is 20.2 Å². The summed E-state index contributed by atoms with van der Waals surface area (Å²) < 4.78 is 0. The molecular weight excluding hydrogens is 234 g/mol. The van der Waals surface area contributed by atoms with Gasteiger partial charge in [-0.15, -0.1) is 11.3 Å². The second-order valence-electron chi connectivity index (χ2n) is 3.44. The van der Waals surface area contributed by atoms with Gasteiger partial charge in [-0.25, -0.2) is 9.97 Å². The molecule has 17 heavy (non-hydrogen) atoms. The standard InChI is InChI=1S/C11H9N5S/c12-11-13-8(6-17-11)10-14-9(15-16-10)7-4-2-1-3-5-7/h1-6H,(H2,12,13)(H,14,15,16). The van der Waals surface area contributed by atoms with E-state index in [4.69, 9.17) is 5.73 Å². The second kappa shape index (κ2) is 3.99. The fourth-order valence-electron chi connectivity index (χ4n) is 1.49. The lowest BCUT2D eigenvalue weighted by atomic mass is 10.2. The molecule has 3 rings (SSSR count). The third kappa shape index (κ3) is 1.90. The third-order valence-electron chi connectivity index (χ3n) is 2.28. The first-order chi connectivity index (χ1) is 8.33. The molecular formula is C11H9N5S. The molecule has 0 amide bonds. The van der Waals surface area contributed by atoms with E-state index in [0.717, 1.165) is 11.3 Å². The van der Waals surface area contributed by atoms with Crippen molar-refractivity contribution in [3.63, 3.8) is 0 Å². The van der Waals surface area contributed by atoms with E-state index in [-0.39, 0.29) is 0 Å². The van der Waals surface area contributed by atoms with Crippen molar-refractivity contribution in [2.24, 2.45) is 0 Å². The minimum absolute atomic E-state index is 0.526. The molecule has 0 saturated heterocycles. The first kappa shape index (κ1) is 9.98. The van der Waals surface area contributed by atoms with E-state index in [1.54, 1.807) is 0 Å². The number of rotatable bonds is 2. The summed E-state index contributed by atoms with van der Waals surface area (Å²) in [6.07, 6.45) is 0. The van der Waals surface area contributed by atoms with Gasteiger partial charge in [0.1, 0.15) is 5.69 Å². The van der Waals surface area contributed by atoms with Crippen LogP contribution in [0, 0.1) is 0 Å². The average Bonchev–Trinajstić information content (AvgIpc) is 2.98. The van der Waals surface area contributed by atoms with Crippen LogP contribution in [0.25, 0.3) is 22.9 Å². The van der Waals surface area contributed by atoms with Gasteiger partial charge in [0, 0.05) is 10.9 Å². The van der Waals surface area contributed by atoms with Gasteiger partial charge < -0.3 is 5.73 Å². The Labute approximate surface area is 101 Å². The monoisotopic (exact) mass is 243 g/mol. The molecule has 0 aliphatic heterocycles. The largest absolute Gasteiger partial charge is 0.375 e. The summed E-state index contributed by atoms with van der Waals surface area (Å²) in [6, 6.07) is 9.78. The summed E-state index contributed by atoms with van der Waals surface area (Å²) in [7, 11) is 0. The number of anilines is 1. The highest BCUT2D eigenvalue weighted by Crippen LogP contribution is 2.22. The lowest BCUT2D eigenvalue weighted by molar-refractivity contribution is 1.09. The van der Waals surface area contributed by atoms with Crippen LogP contribution < -0.4 is 5.73 Å². The Kier molecular flexibility index (Phi) is 2.34. The first-order valence-corrected chi connectivity index (χ1v) is 5.90. The van der Waals surface area contributed by atoms with Crippen molar-refractivity contribution in [3.05, 3.63) is 35.7 Å². The molecule has 0 aliphatic carbocycles. The number of hydrogen-bond acceptors (Lipinski definition) is 5. The summed E-state index contributed by atoms with van der Waals surface area (Å²) in [5.41, 5.74) is 7.27. The molecule has 6 heteroatoms. The molecule has 3 N–H and O–H groups in total. The number of nitrogen functional groups attached to an aromatic ring is 1. The van der Waals surface area contributed by atoms with Crippen LogP contribution in [-0.4, -0.2) is 20.2 Å². The number of aromatic nitrogens is 4. The SMILES string of the molecule is Nc1nc(-c2nc(-c3ccccc3)n[nH]2)cs1. The van der Waals surface area contributed by atoms with Crippen molar-refractivity contribution < 1.29 is 0 Å². The Morgan fingerprint density at radius 1 is 1.12 bits per heavy atom. The molecule has 0 radical (unpaired) electrons. The fraction of sp³-hybridized carbons (Fsp3) is 0. The van der Waals surface area contributed by atoms with Crippen LogP contribution in [0.3, 0.4) is 0 Å². The Morgan fingerprint density at radius 2 is 1.94 bits per heavy atom. The molecule has 84 valence electrons. The van der Waals surface area contributed by atoms with E-state index >= 15 is 0 Å². The number of nitrogens with zero attached hydrogens (tertiary/aromatic N) is 3. The van der Waals surface area contributed by atoms with Crippen LogP contribution in [0.4, 0.5) is 5.13 Å². The van der Waals surface area contributed by atoms with Gasteiger partial charge in [-0.1, -0.05) is 30.3 Å². The van der Waals surface area contributed by atoms with Gasteiger partial charge in [0.2, 0.25) is 0 Å². The second-order valence-corrected chi connectivity index (χ2v) is 4.33. The zero-order chi connectivity index (χ0) is 11.7. The predicted molar refractivity (Wildman–Crippen MR) is 67.3 cm³/mol. The highest BCUT2D eigenvalue weighted by Gasteiger charge is 2.09. The van der Waals surface area contributed by atoms with Crippen LogP contribution in [0.2, 0.25) is 0 Å². The lowest BCUT2D eigenvalue weighted by Gasteiger charge is -1.91. The average molecular weight is 243 g/mol. The van der Waals surface area contributed by atoms with Crippen LogP contribution in [-0.2, 0) is 0 Å². The highest BCUT2D eigenvalue weighted by molar-refractivity contribution is 7.13. The van der Waals surface area contributed by atoms with Gasteiger partial charge >= 0.3 is 0 Å². The number of benzene rings is 1. The van der Waals surface area contributed by atoms with Crippen molar-refractivity contribution in [1.29, 1.82) is 0 Å². The van der Waals surface area contributed by atoms with Crippen LogP contribution >= 0.6 is 11.3 Å². The van der Waals surface area contributed by atoms with Gasteiger partial charge in [0.05, 0.1) is 0 Å². The van der Waals surface area contributed by atoms with Crippen molar-refractivity contribution in [3.8, 4) is 22.9 Å². The maximum absolute atomic E-state index is 5.58. The molecule has 2 aromatic heterocycles. The minimum atomic E-state index is 0.526. The Hall–Kier alpha value is -2.21. The first-order valence-electron chi connectivity index (χ1n) is 5.02. The highest BCUT2D eigenvalue weighted by atomic mass is 32.1. The van der Waals surface area contributed by atoms with Crippen molar-refractivity contribution in [2.45, 2.75) is 0 Å². The van der Waals surface area contributed by atoms with Gasteiger partial charge in [0.25, 0.3) is 0 Å². The van der Waals surface area contributed by atoms with E-state index in [0.29, 0.717) is 16.8 Å². The molecule has 3 aromatic rings. The third-order valence-corrected chi connectivity index (χ3v) is 2.96. The van der Waals surface area contributed by atoms with Gasteiger partial charge in [-0.3, -0.25) is 5.10 Å². The van der Waals surface area contributed by atoms with E-state index in [9.17, 15) is 0 Å². The zero-order valence-electron chi connectivity index (χ0n) is 8.79. The van der Waals surface area contributed by atoms with Gasteiger partial charge in [-0.2, -0.15) is 5.10 Å². The molecule has 5 nitrogen and oxygen atoms in total. The predicted octanol–water partition coefficient (Wildman–Crippen LogP) is 2.18. The Morgan fingerprint density at radius 3 is 2.65 bits per heavy atom. The van der Waals surface area contributed by atoms with Gasteiger partial charge in [-0.05, 0) is 0 Å². The van der Waals surface area contributed by atoms with E-state index < -0.39 is 0 Å². The number of thiazole rings is 1. The molecule has 0 bridgehead atoms. The molecule has 0 aliphatic rings. The summed E-state index contributed by atoms with van der Waals surface area (Å²) >= 11 is 1.38. The lowest BCUT2D eigenvalue weighted by Crippen LogP contribution is -1.84. The van der Waals surface area contributed by atoms with Crippen LogP contribution in [0.15, 0.2) is 35.7 Å². The number of H-pyrrole nitrogens is 1. The van der Waals surface area contributed by atoms with Crippen molar-refractivity contribution >= 4 is 16.5 Å². The van der Waals surface area contributed by atoms with E-state index in [1.165, 1.54) is 11.3 Å². The maximum Gasteiger partial charge on any atom is 0.181 e. The van der Waals surface area contributed by atoms with Crippen molar-refractivity contribution in [2.75, 3.05) is 5.73 Å². The Bertz CT molecular complexity index is 628. The molecule has 0 fully saturated rings. The number of aromatic amines is 1. The molecule has 0 spiro atoms. The minimum Gasteiger partial charge on any atom is -0.375 e. The van der Waals surface area contributed by atoms with Gasteiger partial charge in [0.15, 0.2) is 16.8 Å². The normalized spacial score (nSPS) is 10.6. The zero-order valence-corrected chi connectivity index (χ0v) is 9.61. The molecule has 0 atom stereocenters.